The van der Waals surface area contributed by atoms with Crippen LogP contribution in [-0.2, 0) is 18.0 Å². The molecule has 2 aliphatic rings. The van der Waals surface area contributed by atoms with Gasteiger partial charge in [-0.1, -0.05) is 19.9 Å². The monoisotopic (exact) mass is 399 g/mol. The molecule has 158 valence electrons. The van der Waals surface area contributed by atoms with Gasteiger partial charge in [-0.05, 0) is 57.4 Å². The predicted molar refractivity (Wildman–Crippen MR) is 112 cm³/mol. The van der Waals surface area contributed by atoms with Crippen molar-refractivity contribution in [3.05, 3.63) is 12.7 Å². The smallest absolute Gasteiger partial charge is 0.385 e. The Kier molecular flexibility index (Phi) is 10.5. The summed E-state index contributed by atoms with van der Waals surface area (Å²) in [6.45, 7) is 12.8. The molecule has 0 radical (unpaired) electrons. The van der Waals surface area contributed by atoms with Gasteiger partial charge in [0.1, 0.15) is 0 Å². The maximum Gasteiger partial charge on any atom is 0.501 e. The Balaban J connectivity index is 2.14. The number of fused-ring (bicyclic) bond motifs is 1. The van der Waals surface area contributed by atoms with Crippen LogP contribution in [0.3, 0.4) is 0 Å². The molecule has 1 saturated carbocycles. The Morgan fingerprint density at radius 3 is 2.52 bits per heavy atom. The summed E-state index contributed by atoms with van der Waals surface area (Å²) in [4.78, 5) is 2.64. The quantitative estimate of drug-likeness (QED) is 0.295. The number of rotatable bonds is 11. The van der Waals surface area contributed by atoms with Crippen LogP contribution in [-0.4, -0.2) is 65.9 Å². The van der Waals surface area contributed by atoms with Gasteiger partial charge in [0.15, 0.2) is 0 Å². The molecule has 1 heterocycles. The average Bonchev–Trinajstić information content (AvgIpc) is 2.68. The number of hydrogen-bond donors (Lipinski definition) is 0. The maximum absolute atomic E-state index is 6.80. The SMILES string of the molecule is C=CC1CCC2O[Si](OCCC)(OCCC)CCCN(CCCOC)C2C1. The highest BCUT2D eigenvalue weighted by Gasteiger charge is 2.48. The summed E-state index contributed by atoms with van der Waals surface area (Å²) < 4.78 is 24.7. The highest BCUT2D eigenvalue weighted by molar-refractivity contribution is 6.60. The van der Waals surface area contributed by atoms with Gasteiger partial charge in [0.2, 0.25) is 0 Å². The molecule has 1 aliphatic carbocycles. The summed E-state index contributed by atoms with van der Waals surface area (Å²) in [5.41, 5.74) is 0. The molecule has 3 unspecified atom stereocenters. The predicted octanol–water partition coefficient (Wildman–Crippen LogP) is 4.26. The molecule has 3 atom stereocenters. The molecular weight excluding hydrogens is 358 g/mol. The Hall–Kier alpha value is -0.243. The molecule has 6 heteroatoms. The largest absolute Gasteiger partial charge is 0.501 e. The minimum atomic E-state index is -2.59. The van der Waals surface area contributed by atoms with Crippen LogP contribution in [0.4, 0.5) is 0 Å². The van der Waals surface area contributed by atoms with Crippen molar-refractivity contribution in [3.63, 3.8) is 0 Å². The first kappa shape index (κ1) is 23.0. The van der Waals surface area contributed by atoms with E-state index in [1.54, 1.807) is 7.11 Å². The van der Waals surface area contributed by atoms with Crippen LogP contribution in [0.25, 0.3) is 0 Å². The van der Waals surface area contributed by atoms with Crippen LogP contribution in [0.15, 0.2) is 12.7 Å². The zero-order valence-electron chi connectivity index (χ0n) is 17.8. The van der Waals surface area contributed by atoms with Crippen molar-refractivity contribution in [2.45, 2.75) is 77.0 Å². The summed E-state index contributed by atoms with van der Waals surface area (Å²) in [5, 5.41) is 0. The molecule has 0 amide bonds. The molecule has 0 aromatic carbocycles. The fourth-order valence-corrected chi connectivity index (χ4v) is 7.28. The minimum Gasteiger partial charge on any atom is -0.385 e. The Morgan fingerprint density at radius 1 is 1.15 bits per heavy atom. The molecular formula is C21H41NO4Si. The van der Waals surface area contributed by atoms with Crippen LogP contribution in [0.2, 0.25) is 6.04 Å². The van der Waals surface area contributed by atoms with Crippen molar-refractivity contribution in [3.8, 4) is 0 Å². The van der Waals surface area contributed by atoms with E-state index in [1.807, 2.05) is 0 Å². The highest BCUT2D eigenvalue weighted by atomic mass is 28.4. The summed E-state index contributed by atoms with van der Waals surface area (Å²) in [6.07, 6.45) is 9.86. The maximum atomic E-state index is 6.80. The lowest BCUT2D eigenvalue weighted by Crippen LogP contribution is -2.58. The molecule has 27 heavy (non-hydrogen) atoms. The van der Waals surface area contributed by atoms with Crippen LogP contribution < -0.4 is 0 Å². The standard InChI is InChI=1S/C21H41NO4Si/c1-5-14-24-27(25-15-6-2)17-9-13-22(12-8-16-23-4)20-18-19(7-3)10-11-21(20)26-27/h7,19-21H,3,5-6,8-18H2,1-2,4H3. The van der Waals surface area contributed by atoms with Crippen molar-refractivity contribution < 1.29 is 18.0 Å². The Morgan fingerprint density at radius 2 is 1.89 bits per heavy atom. The minimum absolute atomic E-state index is 0.212. The lowest BCUT2D eigenvalue weighted by Gasteiger charge is -2.47. The van der Waals surface area contributed by atoms with Crippen molar-refractivity contribution >= 4 is 8.80 Å². The molecule has 2 fully saturated rings. The molecule has 0 spiro atoms. The van der Waals surface area contributed by atoms with E-state index in [-0.39, 0.29) is 6.10 Å². The van der Waals surface area contributed by atoms with E-state index in [0.717, 1.165) is 83.9 Å². The fourth-order valence-electron chi connectivity index (χ4n) is 4.30. The zero-order valence-corrected chi connectivity index (χ0v) is 18.8. The van der Waals surface area contributed by atoms with E-state index in [9.17, 15) is 0 Å². The number of hydrogen-bond acceptors (Lipinski definition) is 5. The first-order chi connectivity index (χ1) is 13.2. The average molecular weight is 400 g/mol. The molecule has 1 saturated heterocycles. The number of allylic oxidation sites excluding steroid dienone is 1. The van der Waals surface area contributed by atoms with Crippen LogP contribution >= 0.6 is 0 Å². The first-order valence-electron chi connectivity index (χ1n) is 11.0. The number of methoxy groups -OCH3 is 1. The van der Waals surface area contributed by atoms with Crippen molar-refractivity contribution in [1.82, 2.24) is 4.90 Å². The third-order valence-corrected chi connectivity index (χ3v) is 8.62. The lowest BCUT2D eigenvalue weighted by atomic mass is 9.83. The van der Waals surface area contributed by atoms with Gasteiger partial charge < -0.3 is 18.0 Å². The molecule has 0 aromatic heterocycles. The summed E-state index contributed by atoms with van der Waals surface area (Å²) >= 11 is 0. The van der Waals surface area contributed by atoms with Gasteiger partial charge >= 0.3 is 8.80 Å². The van der Waals surface area contributed by atoms with E-state index in [1.165, 1.54) is 0 Å². The molecule has 0 N–H and O–H groups in total. The Bertz CT molecular complexity index is 415. The van der Waals surface area contributed by atoms with Crippen LogP contribution in [0.1, 0.15) is 58.8 Å². The molecule has 1 aliphatic heterocycles. The fraction of sp³-hybridized carbons (Fsp3) is 0.905. The van der Waals surface area contributed by atoms with Crippen molar-refractivity contribution in [1.29, 1.82) is 0 Å². The second-order valence-corrected chi connectivity index (χ2v) is 10.6. The van der Waals surface area contributed by atoms with Gasteiger partial charge in [0, 0.05) is 45.6 Å². The molecule has 0 aromatic rings. The van der Waals surface area contributed by atoms with E-state index in [2.05, 4.69) is 31.4 Å². The van der Waals surface area contributed by atoms with Gasteiger partial charge in [-0.2, -0.15) is 0 Å². The summed E-state index contributed by atoms with van der Waals surface area (Å²) in [7, 11) is -0.811. The first-order valence-corrected chi connectivity index (χ1v) is 12.9. The van der Waals surface area contributed by atoms with E-state index in [4.69, 9.17) is 18.0 Å². The number of nitrogens with zero attached hydrogens (tertiary/aromatic N) is 1. The third-order valence-electron chi connectivity index (χ3n) is 5.70. The Labute approximate surface area is 167 Å². The van der Waals surface area contributed by atoms with Crippen LogP contribution in [0.5, 0.6) is 0 Å². The topological polar surface area (TPSA) is 40.2 Å². The molecule has 5 nitrogen and oxygen atoms in total. The zero-order chi connectivity index (χ0) is 19.5. The second kappa shape index (κ2) is 12.3. The van der Waals surface area contributed by atoms with Crippen molar-refractivity contribution in [2.24, 2.45) is 5.92 Å². The second-order valence-electron chi connectivity index (χ2n) is 7.90. The number of ether oxygens (including phenoxy) is 1. The molecule has 2 rings (SSSR count). The van der Waals surface area contributed by atoms with E-state index < -0.39 is 8.80 Å². The van der Waals surface area contributed by atoms with Gasteiger partial charge in [-0.25, -0.2) is 0 Å². The molecule has 0 bridgehead atoms. The summed E-state index contributed by atoms with van der Waals surface area (Å²) in [5.74, 6) is 0.586. The van der Waals surface area contributed by atoms with Crippen molar-refractivity contribution in [2.75, 3.05) is 40.0 Å². The van der Waals surface area contributed by atoms with E-state index >= 15 is 0 Å². The van der Waals surface area contributed by atoms with Gasteiger partial charge in [0.25, 0.3) is 0 Å². The summed E-state index contributed by atoms with van der Waals surface area (Å²) in [6, 6.07) is 1.36. The van der Waals surface area contributed by atoms with Gasteiger partial charge in [-0.3, -0.25) is 4.90 Å². The van der Waals surface area contributed by atoms with E-state index in [0.29, 0.717) is 12.0 Å². The third kappa shape index (κ3) is 6.94. The highest BCUT2D eigenvalue weighted by Crippen LogP contribution is 2.36. The van der Waals surface area contributed by atoms with Gasteiger partial charge in [0.05, 0.1) is 6.10 Å². The van der Waals surface area contributed by atoms with Gasteiger partial charge in [-0.15, -0.1) is 6.58 Å². The normalized spacial score (nSPS) is 28.9. The lowest BCUT2D eigenvalue weighted by molar-refractivity contribution is -0.0453. The van der Waals surface area contributed by atoms with Crippen LogP contribution in [0, 0.1) is 5.92 Å².